The highest BCUT2D eigenvalue weighted by molar-refractivity contribution is 8.82. The monoisotopic (exact) mass is 216 g/mol. The van der Waals surface area contributed by atoms with Gasteiger partial charge in [-0.25, -0.2) is 0 Å². The third-order valence-corrected chi connectivity index (χ3v) is 3.69. The van der Waals surface area contributed by atoms with Gasteiger partial charge in [-0.3, -0.25) is 9.79 Å². The van der Waals surface area contributed by atoms with Gasteiger partial charge in [-0.15, -0.1) is 0 Å². The number of dihydropyridines is 1. The summed E-state index contributed by atoms with van der Waals surface area (Å²) >= 11 is 0. The van der Waals surface area contributed by atoms with Crippen LogP contribution < -0.4 is 5.73 Å². The van der Waals surface area contributed by atoms with E-state index in [4.69, 9.17) is 5.73 Å². The van der Waals surface area contributed by atoms with Crippen LogP contribution in [0.5, 0.6) is 0 Å². The van der Waals surface area contributed by atoms with Crippen LogP contribution in [0.15, 0.2) is 17.1 Å². The summed E-state index contributed by atoms with van der Waals surface area (Å²) in [7, 11) is 3.23. The maximum Gasteiger partial charge on any atom is 0.218 e. The molecule has 0 saturated heterocycles. The van der Waals surface area contributed by atoms with Crippen molar-refractivity contribution in [2.75, 3.05) is 12.3 Å². The van der Waals surface area contributed by atoms with Gasteiger partial charge < -0.3 is 5.73 Å². The lowest BCUT2D eigenvalue weighted by atomic mass is 10.3. The molecule has 2 N–H and O–H groups in total. The van der Waals surface area contributed by atoms with Gasteiger partial charge >= 0.3 is 0 Å². The fourth-order valence-corrected chi connectivity index (χ4v) is 2.76. The summed E-state index contributed by atoms with van der Waals surface area (Å²) in [5.74, 6) is 0.515. The smallest absolute Gasteiger partial charge is 0.218 e. The molecule has 1 amide bonds. The average molecular weight is 216 g/mol. The lowest BCUT2D eigenvalue weighted by Crippen LogP contribution is -2.10. The van der Waals surface area contributed by atoms with Crippen molar-refractivity contribution in [3.63, 3.8) is 0 Å². The van der Waals surface area contributed by atoms with E-state index in [0.29, 0.717) is 6.42 Å². The van der Waals surface area contributed by atoms with E-state index in [1.54, 1.807) is 21.6 Å². The first kappa shape index (κ1) is 10.7. The van der Waals surface area contributed by atoms with E-state index in [2.05, 4.69) is 11.1 Å². The molecule has 5 heteroatoms. The number of hydrogen-bond donors (Lipinski definition) is 1. The lowest BCUT2D eigenvalue weighted by molar-refractivity contribution is -0.117. The zero-order valence-corrected chi connectivity index (χ0v) is 8.87. The number of aliphatic imine (C=N–C) groups is 1. The summed E-state index contributed by atoms with van der Waals surface area (Å²) in [6.07, 6.45) is 5.61. The molecular formula is C8H12N2OS2. The van der Waals surface area contributed by atoms with E-state index in [0.717, 1.165) is 23.8 Å². The normalized spacial score (nSPS) is 15.5. The largest absolute Gasteiger partial charge is 0.370 e. The molecule has 0 fully saturated rings. The summed E-state index contributed by atoms with van der Waals surface area (Å²) in [6, 6.07) is 0. The maximum atomic E-state index is 10.4. The van der Waals surface area contributed by atoms with Gasteiger partial charge in [0.25, 0.3) is 0 Å². The third kappa shape index (κ3) is 5.00. The van der Waals surface area contributed by atoms with Gasteiger partial charge in [-0.05, 0) is 23.3 Å². The molecule has 0 aromatic carbocycles. The Balaban J connectivity index is 2.08. The molecule has 0 aromatic heterocycles. The van der Waals surface area contributed by atoms with Gasteiger partial charge in [0.2, 0.25) is 5.91 Å². The van der Waals surface area contributed by atoms with Crippen molar-refractivity contribution in [3.05, 3.63) is 12.2 Å². The highest BCUT2D eigenvalue weighted by Gasteiger charge is 2.01. The molecule has 1 aliphatic heterocycles. The number of nitrogens with two attached hydrogens (primary N) is 1. The van der Waals surface area contributed by atoms with Crippen LogP contribution in [0.3, 0.4) is 0 Å². The Labute approximate surface area is 85.6 Å². The minimum atomic E-state index is -0.241. The van der Waals surface area contributed by atoms with Gasteiger partial charge in [0.1, 0.15) is 5.04 Å². The molecule has 0 spiro atoms. The summed E-state index contributed by atoms with van der Waals surface area (Å²) in [5, 5.41) is 1.04. The van der Waals surface area contributed by atoms with Crippen molar-refractivity contribution in [2.24, 2.45) is 10.7 Å². The highest BCUT2D eigenvalue weighted by atomic mass is 33.1. The molecule has 0 bridgehead atoms. The zero-order chi connectivity index (χ0) is 9.52. The molecule has 0 saturated carbocycles. The molecule has 1 heterocycles. The first-order valence-corrected chi connectivity index (χ1v) is 6.39. The predicted octanol–water partition coefficient (Wildman–Crippen LogP) is 1.60. The Kier molecular flexibility index (Phi) is 5.00. The molecular weight excluding hydrogens is 204 g/mol. The first-order valence-electron chi connectivity index (χ1n) is 4.08. The van der Waals surface area contributed by atoms with Gasteiger partial charge in [-0.1, -0.05) is 16.9 Å². The van der Waals surface area contributed by atoms with Gasteiger partial charge in [0.05, 0.1) is 0 Å². The molecule has 72 valence electrons. The Morgan fingerprint density at radius 1 is 1.69 bits per heavy atom. The van der Waals surface area contributed by atoms with Crippen molar-refractivity contribution in [2.45, 2.75) is 12.8 Å². The number of amides is 1. The van der Waals surface area contributed by atoms with E-state index >= 15 is 0 Å². The molecule has 3 nitrogen and oxygen atoms in total. The molecule has 0 aliphatic carbocycles. The topological polar surface area (TPSA) is 55.5 Å². The Hall–Kier alpha value is -0.420. The fraction of sp³-hybridized carbons (Fsp3) is 0.500. The van der Waals surface area contributed by atoms with Crippen molar-refractivity contribution in [1.29, 1.82) is 0 Å². The van der Waals surface area contributed by atoms with Gasteiger partial charge in [-0.2, -0.15) is 0 Å². The second kappa shape index (κ2) is 6.10. The number of primary amides is 1. The molecule has 0 unspecified atom stereocenters. The maximum absolute atomic E-state index is 10.4. The SMILES string of the molecule is NC(=O)CCSSC1=NCCC=C1. The van der Waals surface area contributed by atoms with Crippen LogP contribution >= 0.6 is 21.6 Å². The van der Waals surface area contributed by atoms with Gasteiger partial charge in [0.15, 0.2) is 0 Å². The van der Waals surface area contributed by atoms with E-state index < -0.39 is 0 Å². The van der Waals surface area contributed by atoms with Crippen LogP contribution in [-0.2, 0) is 4.79 Å². The molecule has 1 rings (SSSR count). The molecule has 1 aliphatic rings. The molecule has 0 aromatic rings. The molecule has 0 atom stereocenters. The Morgan fingerprint density at radius 2 is 2.54 bits per heavy atom. The molecule has 13 heavy (non-hydrogen) atoms. The fourth-order valence-electron chi connectivity index (χ4n) is 0.785. The minimum Gasteiger partial charge on any atom is -0.370 e. The van der Waals surface area contributed by atoms with Crippen LogP contribution in [0.1, 0.15) is 12.8 Å². The second-order valence-corrected chi connectivity index (χ2v) is 4.97. The predicted molar refractivity (Wildman–Crippen MR) is 59.9 cm³/mol. The van der Waals surface area contributed by atoms with E-state index in [1.807, 2.05) is 6.08 Å². The van der Waals surface area contributed by atoms with Crippen molar-refractivity contribution < 1.29 is 4.79 Å². The Bertz CT molecular complexity index is 238. The van der Waals surface area contributed by atoms with Crippen molar-refractivity contribution in [3.8, 4) is 0 Å². The van der Waals surface area contributed by atoms with E-state index in [-0.39, 0.29) is 5.91 Å². The van der Waals surface area contributed by atoms with Gasteiger partial charge in [0, 0.05) is 18.7 Å². The minimum absolute atomic E-state index is 0.241. The summed E-state index contributed by atoms with van der Waals surface area (Å²) in [5.41, 5.74) is 5.01. The summed E-state index contributed by atoms with van der Waals surface area (Å²) in [4.78, 5) is 14.7. The van der Waals surface area contributed by atoms with Crippen LogP contribution in [0.4, 0.5) is 0 Å². The van der Waals surface area contributed by atoms with E-state index in [9.17, 15) is 4.79 Å². The quantitative estimate of drug-likeness (QED) is 0.573. The second-order valence-electron chi connectivity index (χ2n) is 2.53. The summed E-state index contributed by atoms with van der Waals surface area (Å²) < 4.78 is 0. The highest BCUT2D eigenvalue weighted by Crippen LogP contribution is 2.25. The van der Waals surface area contributed by atoms with Crippen molar-refractivity contribution in [1.82, 2.24) is 0 Å². The van der Waals surface area contributed by atoms with Crippen LogP contribution in [0, 0.1) is 0 Å². The van der Waals surface area contributed by atoms with Crippen LogP contribution in [-0.4, -0.2) is 23.2 Å². The lowest BCUT2D eigenvalue weighted by Gasteiger charge is -2.03. The van der Waals surface area contributed by atoms with Crippen LogP contribution in [0.25, 0.3) is 0 Å². The number of hydrogen-bond acceptors (Lipinski definition) is 4. The zero-order valence-electron chi connectivity index (χ0n) is 7.23. The first-order chi connectivity index (χ1) is 6.29. The third-order valence-electron chi connectivity index (χ3n) is 1.40. The molecule has 0 radical (unpaired) electrons. The average Bonchev–Trinajstić information content (AvgIpc) is 2.14. The van der Waals surface area contributed by atoms with E-state index in [1.165, 1.54) is 0 Å². The van der Waals surface area contributed by atoms with Crippen LogP contribution in [0.2, 0.25) is 0 Å². The number of carbonyl (C=O) groups is 1. The number of nitrogens with zero attached hydrogens (tertiary/aromatic N) is 1. The Morgan fingerprint density at radius 3 is 3.15 bits per heavy atom. The standard InChI is InChI=1S/C8H12N2OS2/c9-7(11)4-6-12-13-8-3-1-2-5-10-8/h1,3H,2,4-6H2,(H2,9,11). The number of carbonyl (C=O) groups excluding carboxylic acids is 1. The number of rotatable bonds is 4. The van der Waals surface area contributed by atoms with Crippen molar-refractivity contribution >= 4 is 32.5 Å². The summed E-state index contributed by atoms with van der Waals surface area (Å²) in [6.45, 7) is 0.884.